The van der Waals surface area contributed by atoms with Gasteiger partial charge in [0.2, 0.25) is 5.91 Å². The highest BCUT2D eigenvalue weighted by Crippen LogP contribution is 2.04. The molecule has 5 heteroatoms. The number of guanidine groups is 1. The average Bonchev–Trinajstić information content (AvgIpc) is 2.49. The molecule has 0 radical (unpaired) electrons. The third-order valence-electron chi connectivity index (χ3n) is 2.91. The second-order valence-electron chi connectivity index (χ2n) is 4.91. The van der Waals surface area contributed by atoms with E-state index in [0.29, 0.717) is 19.6 Å². The first-order valence-electron chi connectivity index (χ1n) is 7.02. The van der Waals surface area contributed by atoms with Crippen molar-refractivity contribution in [2.45, 2.75) is 20.4 Å². The van der Waals surface area contributed by atoms with Crippen LogP contribution < -0.4 is 11.1 Å². The Morgan fingerprint density at radius 3 is 2.62 bits per heavy atom. The molecule has 114 valence electrons. The Balaban J connectivity index is 2.51. The van der Waals surface area contributed by atoms with Gasteiger partial charge in [0.1, 0.15) is 6.54 Å². The fourth-order valence-corrected chi connectivity index (χ4v) is 1.73. The van der Waals surface area contributed by atoms with Crippen LogP contribution in [0.25, 0.3) is 0 Å². The van der Waals surface area contributed by atoms with E-state index in [2.05, 4.69) is 16.9 Å². The molecule has 0 bridgehead atoms. The summed E-state index contributed by atoms with van der Waals surface area (Å²) in [5.41, 5.74) is 7.75. The molecule has 0 aromatic heterocycles. The van der Waals surface area contributed by atoms with Gasteiger partial charge in [0.25, 0.3) is 0 Å². The third kappa shape index (κ3) is 6.61. The second kappa shape index (κ2) is 8.79. The molecule has 0 aliphatic carbocycles. The number of amides is 1. The minimum absolute atomic E-state index is 0.0403. The number of likely N-dealkylation sites (N-methyl/N-ethyl adjacent to an activating group) is 1. The second-order valence-corrected chi connectivity index (χ2v) is 4.91. The van der Waals surface area contributed by atoms with Gasteiger partial charge in [-0.25, -0.2) is 4.99 Å². The molecule has 0 saturated heterocycles. The number of rotatable bonds is 7. The van der Waals surface area contributed by atoms with Crippen molar-refractivity contribution in [1.29, 1.82) is 0 Å². The number of hydrogen-bond donors (Lipinski definition) is 2. The van der Waals surface area contributed by atoms with E-state index in [4.69, 9.17) is 5.73 Å². The van der Waals surface area contributed by atoms with Gasteiger partial charge in [0, 0.05) is 19.6 Å². The molecule has 0 saturated carbocycles. The largest absolute Gasteiger partial charge is 0.370 e. The van der Waals surface area contributed by atoms with Gasteiger partial charge in [-0.3, -0.25) is 4.79 Å². The maximum absolute atomic E-state index is 12.1. The molecule has 1 rings (SSSR count). The van der Waals surface area contributed by atoms with Crippen molar-refractivity contribution < 1.29 is 4.79 Å². The molecule has 1 amide bonds. The molecule has 1 aromatic carbocycles. The van der Waals surface area contributed by atoms with Gasteiger partial charge in [-0.05, 0) is 19.4 Å². The molecule has 0 unspecified atom stereocenters. The van der Waals surface area contributed by atoms with Gasteiger partial charge in [0.05, 0.1) is 0 Å². The van der Waals surface area contributed by atoms with Crippen molar-refractivity contribution >= 4 is 11.9 Å². The highest BCUT2D eigenvalue weighted by molar-refractivity contribution is 5.84. The lowest BCUT2D eigenvalue weighted by molar-refractivity contribution is -0.130. The smallest absolute Gasteiger partial charge is 0.244 e. The van der Waals surface area contributed by atoms with Gasteiger partial charge in [-0.2, -0.15) is 0 Å². The zero-order valence-electron chi connectivity index (χ0n) is 12.8. The number of nitrogens with two attached hydrogens (primary N) is 1. The average molecular weight is 288 g/mol. The van der Waals surface area contributed by atoms with E-state index in [1.54, 1.807) is 4.90 Å². The van der Waals surface area contributed by atoms with Crippen LogP contribution >= 0.6 is 0 Å². The van der Waals surface area contributed by atoms with Crippen molar-refractivity contribution in [2.75, 3.05) is 19.6 Å². The summed E-state index contributed by atoms with van der Waals surface area (Å²) < 4.78 is 0. The minimum Gasteiger partial charge on any atom is -0.370 e. The van der Waals surface area contributed by atoms with Gasteiger partial charge in [-0.15, -0.1) is 0 Å². The maximum Gasteiger partial charge on any atom is 0.244 e. The molecule has 0 atom stereocenters. The highest BCUT2D eigenvalue weighted by atomic mass is 16.2. The molecule has 21 heavy (non-hydrogen) atoms. The molecular weight excluding hydrogens is 264 g/mol. The van der Waals surface area contributed by atoms with Gasteiger partial charge in [0.15, 0.2) is 5.96 Å². The molecular formula is C16H24N4O. The Morgan fingerprint density at radius 2 is 2.05 bits per heavy atom. The summed E-state index contributed by atoms with van der Waals surface area (Å²) in [5.74, 6) is 0.226. The maximum atomic E-state index is 12.1. The summed E-state index contributed by atoms with van der Waals surface area (Å²) in [7, 11) is 0. The summed E-state index contributed by atoms with van der Waals surface area (Å²) in [6.07, 6.45) is 0. The fourth-order valence-electron chi connectivity index (χ4n) is 1.73. The van der Waals surface area contributed by atoms with Crippen LogP contribution in [0.15, 0.2) is 47.5 Å². The monoisotopic (exact) mass is 288 g/mol. The third-order valence-corrected chi connectivity index (χ3v) is 2.91. The van der Waals surface area contributed by atoms with Gasteiger partial charge >= 0.3 is 0 Å². The van der Waals surface area contributed by atoms with Gasteiger partial charge in [-0.1, -0.05) is 42.5 Å². The number of hydrogen-bond acceptors (Lipinski definition) is 2. The van der Waals surface area contributed by atoms with Crippen molar-refractivity contribution in [3.63, 3.8) is 0 Å². The van der Waals surface area contributed by atoms with Crippen LogP contribution in [-0.4, -0.2) is 36.4 Å². The van der Waals surface area contributed by atoms with Crippen LogP contribution in [0.1, 0.15) is 19.4 Å². The van der Waals surface area contributed by atoms with E-state index >= 15 is 0 Å². The molecule has 0 aliphatic rings. The molecule has 3 N–H and O–H groups in total. The van der Waals surface area contributed by atoms with Crippen molar-refractivity contribution in [3.05, 3.63) is 48.0 Å². The first kappa shape index (κ1) is 16.8. The Morgan fingerprint density at radius 1 is 1.38 bits per heavy atom. The summed E-state index contributed by atoms with van der Waals surface area (Å²) in [6, 6.07) is 9.89. The zero-order chi connectivity index (χ0) is 15.7. The van der Waals surface area contributed by atoms with E-state index in [1.165, 1.54) is 0 Å². The van der Waals surface area contributed by atoms with Crippen LogP contribution in [0.3, 0.4) is 0 Å². The minimum atomic E-state index is -0.0403. The number of carbonyl (C=O) groups is 1. The lowest BCUT2D eigenvalue weighted by Crippen LogP contribution is -2.36. The Labute approximate surface area is 126 Å². The van der Waals surface area contributed by atoms with E-state index in [9.17, 15) is 4.79 Å². The summed E-state index contributed by atoms with van der Waals surface area (Å²) >= 11 is 0. The zero-order valence-corrected chi connectivity index (χ0v) is 12.8. The molecule has 0 spiro atoms. The van der Waals surface area contributed by atoms with E-state index < -0.39 is 0 Å². The van der Waals surface area contributed by atoms with Crippen molar-refractivity contribution in [2.24, 2.45) is 10.7 Å². The first-order valence-corrected chi connectivity index (χ1v) is 7.02. The summed E-state index contributed by atoms with van der Waals surface area (Å²) in [5, 5.41) is 2.90. The Kier molecular flexibility index (Phi) is 7.01. The van der Waals surface area contributed by atoms with Crippen LogP contribution in [0.2, 0.25) is 0 Å². The van der Waals surface area contributed by atoms with E-state index in [0.717, 1.165) is 11.1 Å². The molecule has 1 aromatic rings. The normalized spacial score (nSPS) is 11.0. The van der Waals surface area contributed by atoms with Crippen molar-refractivity contribution in [1.82, 2.24) is 10.2 Å². The quantitative estimate of drug-likeness (QED) is 0.454. The van der Waals surface area contributed by atoms with E-state index in [-0.39, 0.29) is 18.4 Å². The molecule has 0 aliphatic heterocycles. The van der Waals surface area contributed by atoms with Gasteiger partial charge < -0.3 is 16.0 Å². The van der Waals surface area contributed by atoms with Crippen LogP contribution in [-0.2, 0) is 11.3 Å². The Bertz CT molecular complexity index is 496. The number of nitrogens with one attached hydrogen (secondary N) is 1. The number of nitrogens with zero attached hydrogens (tertiary/aromatic N) is 2. The van der Waals surface area contributed by atoms with Crippen LogP contribution in [0.5, 0.6) is 0 Å². The van der Waals surface area contributed by atoms with Crippen LogP contribution in [0, 0.1) is 0 Å². The SMILES string of the molecule is C=C(C)CNC(N)=NCC(=O)N(CC)Cc1ccccc1. The fraction of sp³-hybridized carbons (Fsp3) is 0.375. The van der Waals surface area contributed by atoms with Crippen molar-refractivity contribution in [3.8, 4) is 0 Å². The van der Waals surface area contributed by atoms with E-state index in [1.807, 2.05) is 44.2 Å². The highest BCUT2D eigenvalue weighted by Gasteiger charge is 2.11. The molecule has 0 heterocycles. The lowest BCUT2D eigenvalue weighted by atomic mass is 10.2. The number of benzene rings is 1. The summed E-state index contributed by atoms with van der Waals surface area (Å²) in [4.78, 5) is 18.0. The Hall–Kier alpha value is -2.30. The number of aliphatic imine (C=N–C) groups is 1. The first-order chi connectivity index (χ1) is 10.0. The predicted octanol–water partition coefficient (Wildman–Crippen LogP) is 1.52. The topological polar surface area (TPSA) is 70.7 Å². The predicted molar refractivity (Wildman–Crippen MR) is 86.8 cm³/mol. The summed E-state index contributed by atoms with van der Waals surface area (Å²) in [6.45, 7) is 9.45. The molecule has 5 nitrogen and oxygen atoms in total. The molecule has 0 fully saturated rings. The number of carbonyl (C=O) groups excluding carboxylic acids is 1. The standard InChI is InChI=1S/C16H24N4O/c1-4-20(12-14-8-6-5-7-9-14)15(21)11-19-16(17)18-10-13(2)3/h5-9H,2,4,10-12H2,1,3H3,(H3,17,18,19). The lowest BCUT2D eigenvalue weighted by Gasteiger charge is -2.20. The van der Waals surface area contributed by atoms with Crippen LogP contribution in [0.4, 0.5) is 0 Å².